The van der Waals surface area contributed by atoms with E-state index in [1.807, 2.05) is 0 Å². The number of halogens is 2. The summed E-state index contributed by atoms with van der Waals surface area (Å²) >= 11 is 11.7. The number of rotatable bonds is 4. The summed E-state index contributed by atoms with van der Waals surface area (Å²) in [6.07, 6.45) is 0. The van der Waals surface area contributed by atoms with Crippen LogP contribution in [0.3, 0.4) is 0 Å². The molecule has 2 N–H and O–H groups in total. The SMILES string of the molecule is CC(=O)N(C)CC(=O)Nc1c(Cl)ccc(Cl)c1C(=O)O. The molecule has 0 aliphatic carbocycles. The molecule has 0 atom stereocenters. The summed E-state index contributed by atoms with van der Waals surface area (Å²) in [4.78, 5) is 35.1. The first-order chi connectivity index (χ1) is 9.23. The average molecular weight is 319 g/mol. The smallest absolute Gasteiger partial charge is 0.339 e. The Morgan fingerprint density at radius 3 is 2.30 bits per heavy atom. The van der Waals surface area contributed by atoms with E-state index in [4.69, 9.17) is 28.3 Å². The van der Waals surface area contributed by atoms with Crippen LogP contribution < -0.4 is 5.32 Å². The Kier molecular flexibility index (Phi) is 5.35. The van der Waals surface area contributed by atoms with Gasteiger partial charge in [-0.15, -0.1) is 0 Å². The first kappa shape index (κ1) is 16.3. The van der Waals surface area contributed by atoms with Crippen molar-refractivity contribution in [3.8, 4) is 0 Å². The fraction of sp³-hybridized carbons (Fsp3) is 0.250. The van der Waals surface area contributed by atoms with Gasteiger partial charge in [-0.3, -0.25) is 9.59 Å². The summed E-state index contributed by atoms with van der Waals surface area (Å²) in [6, 6.07) is 2.70. The minimum absolute atomic E-state index is 0.0443. The van der Waals surface area contributed by atoms with E-state index in [1.54, 1.807) is 0 Å². The van der Waals surface area contributed by atoms with Gasteiger partial charge in [0.15, 0.2) is 0 Å². The highest BCUT2D eigenvalue weighted by Crippen LogP contribution is 2.31. The van der Waals surface area contributed by atoms with E-state index in [0.717, 1.165) is 0 Å². The zero-order chi connectivity index (χ0) is 15.4. The largest absolute Gasteiger partial charge is 0.478 e. The number of amides is 2. The molecule has 8 heteroatoms. The van der Waals surface area contributed by atoms with Crippen LogP contribution >= 0.6 is 23.2 Å². The number of anilines is 1. The van der Waals surface area contributed by atoms with Crippen LogP contribution in [0.5, 0.6) is 0 Å². The quantitative estimate of drug-likeness (QED) is 0.890. The molecule has 0 aromatic heterocycles. The number of carboxylic acids is 1. The topological polar surface area (TPSA) is 86.7 Å². The lowest BCUT2D eigenvalue weighted by molar-refractivity contribution is -0.131. The summed E-state index contributed by atoms with van der Waals surface area (Å²) in [5.74, 6) is -2.18. The molecule has 1 aromatic rings. The number of nitrogens with zero attached hydrogens (tertiary/aromatic N) is 1. The molecule has 20 heavy (non-hydrogen) atoms. The maximum atomic E-state index is 11.8. The van der Waals surface area contributed by atoms with Crippen LogP contribution in [0, 0.1) is 0 Å². The van der Waals surface area contributed by atoms with E-state index in [2.05, 4.69) is 5.32 Å². The van der Waals surface area contributed by atoms with Gasteiger partial charge in [0.1, 0.15) is 5.56 Å². The van der Waals surface area contributed by atoms with Gasteiger partial charge in [0.25, 0.3) is 0 Å². The highest BCUT2D eigenvalue weighted by molar-refractivity contribution is 6.38. The minimum Gasteiger partial charge on any atom is -0.478 e. The monoisotopic (exact) mass is 318 g/mol. The standard InChI is InChI=1S/C12H12Cl2N2O4/c1-6(17)16(2)5-9(18)15-11-8(14)4-3-7(13)10(11)12(19)20/h3-4H,5H2,1-2H3,(H,15,18)(H,19,20). The summed E-state index contributed by atoms with van der Waals surface area (Å²) < 4.78 is 0. The van der Waals surface area contributed by atoms with E-state index < -0.39 is 11.9 Å². The molecule has 0 unspecified atom stereocenters. The normalized spacial score (nSPS) is 10.0. The van der Waals surface area contributed by atoms with Crippen molar-refractivity contribution < 1.29 is 19.5 Å². The highest BCUT2D eigenvalue weighted by Gasteiger charge is 2.20. The van der Waals surface area contributed by atoms with Crippen molar-refractivity contribution in [2.75, 3.05) is 18.9 Å². The Balaban J connectivity index is 3.03. The molecule has 0 aliphatic rings. The molecular formula is C12H12Cl2N2O4. The molecule has 1 aromatic carbocycles. The minimum atomic E-state index is -1.31. The van der Waals surface area contributed by atoms with Crippen LogP contribution in [-0.4, -0.2) is 41.4 Å². The molecule has 0 aliphatic heterocycles. The fourth-order valence-corrected chi connectivity index (χ4v) is 1.83. The van der Waals surface area contributed by atoms with Gasteiger partial charge < -0.3 is 15.3 Å². The third-order valence-electron chi connectivity index (χ3n) is 2.50. The van der Waals surface area contributed by atoms with Crippen molar-refractivity contribution in [2.45, 2.75) is 6.92 Å². The van der Waals surface area contributed by atoms with E-state index in [1.165, 1.54) is 31.0 Å². The van der Waals surface area contributed by atoms with Crippen molar-refractivity contribution in [1.82, 2.24) is 4.90 Å². The third-order valence-corrected chi connectivity index (χ3v) is 3.13. The van der Waals surface area contributed by atoms with Crippen molar-refractivity contribution >= 4 is 46.7 Å². The number of benzene rings is 1. The number of hydrogen-bond donors (Lipinski definition) is 2. The van der Waals surface area contributed by atoms with Gasteiger partial charge in [0.05, 0.1) is 22.3 Å². The van der Waals surface area contributed by atoms with Crippen LogP contribution in [0.1, 0.15) is 17.3 Å². The fourth-order valence-electron chi connectivity index (χ4n) is 1.39. The molecule has 0 bridgehead atoms. The molecule has 0 fully saturated rings. The molecule has 2 amide bonds. The lowest BCUT2D eigenvalue weighted by Gasteiger charge is -2.16. The van der Waals surface area contributed by atoms with Crippen LogP contribution in [0.2, 0.25) is 10.0 Å². The first-order valence-corrected chi connectivity index (χ1v) is 6.22. The zero-order valence-corrected chi connectivity index (χ0v) is 12.2. The molecule has 0 heterocycles. The van der Waals surface area contributed by atoms with Crippen LogP contribution in [0.4, 0.5) is 5.69 Å². The summed E-state index contributed by atoms with van der Waals surface area (Å²) in [5.41, 5.74) is -0.383. The Morgan fingerprint density at radius 1 is 1.25 bits per heavy atom. The predicted octanol–water partition coefficient (Wildman–Crippen LogP) is 2.11. The van der Waals surface area contributed by atoms with Crippen molar-refractivity contribution in [1.29, 1.82) is 0 Å². The molecule has 1 rings (SSSR count). The van der Waals surface area contributed by atoms with Gasteiger partial charge in [-0.2, -0.15) is 0 Å². The summed E-state index contributed by atoms with van der Waals surface area (Å²) in [5, 5.41) is 11.5. The van der Waals surface area contributed by atoms with Gasteiger partial charge in [0, 0.05) is 14.0 Å². The number of hydrogen-bond acceptors (Lipinski definition) is 3. The van der Waals surface area contributed by atoms with Crippen molar-refractivity contribution in [3.05, 3.63) is 27.7 Å². The second-order valence-electron chi connectivity index (χ2n) is 4.01. The summed E-state index contributed by atoms with van der Waals surface area (Å²) in [7, 11) is 1.44. The van der Waals surface area contributed by atoms with Crippen molar-refractivity contribution in [3.63, 3.8) is 0 Å². The van der Waals surface area contributed by atoms with Gasteiger partial charge in [-0.25, -0.2) is 4.79 Å². The molecule has 0 spiro atoms. The van der Waals surface area contributed by atoms with E-state index in [0.29, 0.717) is 0 Å². The van der Waals surface area contributed by atoms with Gasteiger partial charge in [0.2, 0.25) is 11.8 Å². The van der Waals surface area contributed by atoms with E-state index >= 15 is 0 Å². The second kappa shape index (κ2) is 6.58. The molecule has 0 radical (unpaired) electrons. The van der Waals surface area contributed by atoms with E-state index in [-0.39, 0.29) is 33.7 Å². The van der Waals surface area contributed by atoms with Gasteiger partial charge in [-0.1, -0.05) is 23.2 Å². The second-order valence-corrected chi connectivity index (χ2v) is 4.82. The maximum absolute atomic E-state index is 11.8. The van der Waals surface area contributed by atoms with Gasteiger partial charge >= 0.3 is 5.97 Å². The summed E-state index contributed by atoms with van der Waals surface area (Å²) in [6.45, 7) is 1.08. The average Bonchev–Trinajstić information content (AvgIpc) is 2.33. The van der Waals surface area contributed by atoms with Crippen LogP contribution in [0.25, 0.3) is 0 Å². The predicted molar refractivity (Wildman–Crippen MR) is 75.4 cm³/mol. The number of likely N-dealkylation sites (N-methyl/N-ethyl adjacent to an activating group) is 1. The number of carboxylic acid groups (broad SMARTS) is 1. The molecule has 6 nitrogen and oxygen atoms in total. The van der Waals surface area contributed by atoms with Gasteiger partial charge in [-0.05, 0) is 12.1 Å². The highest BCUT2D eigenvalue weighted by atomic mass is 35.5. The number of aromatic carboxylic acids is 1. The maximum Gasteiger partial charge on any atom is 0.339 e. The molecule has 108 valence electrons. The molecule has 0 saturated carbocycles. The van der Waals surface area contributed by atoms with Crippen LogP contribution in [-0.2, 0) is 9.59 Å². The Labute approximate surface area is 125 Å². The first-order valence-electron chi connectivity index (χ1n) is 5.47. The molecule has 0 saturated heterocycles. The zero-order valence-electron chi connectivity index (χ0n) is 10.7. The lowest BCUT2D eigenvalue weighted by Crippen LogP contribution is -2.33. The number of carbonyl (C=O) groups is 3. The lowest BCUT2D eigenvalue weighted by atomic mass is 10.1. The third kappa shape index (κ3) is 3.85. The Morgan fingerprint density at radius 2 is 1.80 bits per heavy atom. The Hall–Kier alpha value is -1.79. The van der Waals surface area contributed by atoms with E-state index in [9.17, 15) is 14.4 Å². The Bertz CT molecular complexity index is 575. The number of nitrogens with one attached hydrogen (secondary N) is 1. The molecular weight excluding hydrogens is 307 g/mol. The number of carbonyl (C=O) groups excluding carboxylic acids is 2. The van der Waals surface area contributed by atoms with Crippen LogP contribution in [0.15, 0.2) is 12.1 Å². The van der Waals surface area contributed by atoms with Crippen molar-refractivity contribution in [2.24, 2.45) is 0 Å².